The first-order valence-corrected chi connectivity index (χ1v) is 7.69. The van der Waals surface area contributed by atoms with E-state index in [0.717, 1.165) is 4.90 Å². The van der Waals surface area contributed by atoms with Crippen LogP contribution < -0.4 is 5.73 Å². The summed E-state index contributed by atoms with van der Waals surface area (Å²) in [6.45, 7) is 6.08. The lowest BCUT2D eigenvalue weighted by atomic mass is 9.78. The number of esters is 1. The van der Waals surface area contributed by atoms with Gasteiger partial charge in [0.25, 0.3) is 0 Å². The second kappa shape index (κ2) is 7.81. The van der Waals surface area contributed by atoms with Crippen molar-refractivity contribution in [2.45, 2.75) is 39.3 Å². The zero-order chi connectivity index (χ0) is 18.5. The van der Waals surface area contributed by atoms with E-state index in [1.807, 2.05) is 0 Å². The van der Waals surface area contributed by atoms with E-state index < -0.39 is 42.1 Å². The molecule has 0 aromatic heterocycles. The van der Waals surface area contributed by atoms with Crippen molar-refractivity contribution in [2.24, 2.45) is 11.7 Å². The molecule has 0 spiro atoms. The molecule has 0 aliphatic carbocycles. The average Bonchev–Trinajstić information content (AvgIpc) is 2.46. The van der Waals surface area contributed by atoms with Gasteiger partial charge in [0, 0.05) is 0 Å². The lowest BCUT2D eigenvalue weighted by Crippen LogP contribution is -2.61. The minimum atomic E-state index is -1.63. The summed E-state index contributed by atoms with van der Waals surface area (Å²) < 4.78 is 5.36. The summed E-state index contributed by atoms with van der Waals surface area (Å²) in [6, 6.07) is 7.47. The number of carboxylic acid groups (broad SMARTS) is 1. The normalized spacial score (nSPS) is 13.4. The minimum absolute atomic E-state index is 0.432. The molecule has 0 heterocycles. The zero-order valence-corrected chi connectivity index (χ0v) is 14.4. The maximum atomic E-state index is 13.0. The highest BCUT2D eigenvalue weighted by Gasteiger charge is 2.52. The highest BCUT2D eigenvalue weighted by atomic mass is 16.5. The summed E-state index contributed by atoms with van der Waals surface area (Å²) in [5, 5.41) is 9.19. The Kier molecular flexibility index (Phi) is 6.34. The molecule has 0 fully saturated rings. The van der Waals surface area contributed by atoms with Crippen molar-refractivity contribution in [2.75, 3.05) is 6.54 Å². The molecule has 7 nitrogen and oxygen atoms in total. The molecule has 0 saturated heterocycles. The highest BCUT2D eigenvalue weighted by molar-refractivity contribution is 5.90. The molecule has 1 aromatic carbocycles. The van der Waals surface area contributed by atoms with E-state index in [9.17, 15) is 19.5 Å². The van der Waals surface area contributed by atoms with Gasteiger partial charge in [0.05, 0.1) is 6.10 Å². The van der Waals surface area contributed by atoms with Crippen LogP contribution in [0.3, 0.4) is 0 Å². The van der Waals surface area contributed by atoms with Gasteiger partial charge in [-0.3, -0.25) is 9.69 Å². The summed E-state index contributed by atoms with van der Waals surface area (Å²) in [6.07, 6.45) is -0.432. The van der Waals surface area contributed by atoms with Crippen LogP contribution in [-0.2, 0) is 19.9 Å². The fourth-order valence-corrected chi connectivity index (χ4v) is 2.77. The molecule has 1 aromatic rings. The number of rotatable bonds is 7. The van der Waals surface area contributed by atoms with Crippen LogP contribution >= 0.6 is 0 Å². The van der Waals surface area contributed by atoms with E-state index in [-0.39, 0.29) is 0 Å². The van der Waals surface area contributed by atoms with Gasteiger partial charge in [-0.05, 0) is 25.3 Å². The minimum Gasteiger partial charge on any atom is -0.480 e. The van der Waals surface area contributed by atoms with Crippen LogP contribution in [0.5, 0.6) is 0 Å². The highest BCUT2D eigenvalue weighted by Crippen LogP contribution is 2.38. The monoisotopic (exact) mass is 336 g/mol. The van der Waals surface area contributed by atoms with Crippen molar-refractivity contribution in [3.8, 4) is 0 Å². The zero-order valence-electron chi connectivity index (χ0n) is 14.4. The smallest absolute Gasteiger partial charge is 0.337 e. The molecule has 7 heteroatoms. The molecule has 0 bridgehead atoms. The third-order valence-corrected chi connectivity index (χ3v) is 3.69. The molecule has 0 radical (unpaired) electrons. The number of carbonyl (C=O) groups excluding carboxylic acids is 2. The molecular weight excluding hydrogens is 312 g/mol. The molecule has 24 heavy (non-hydrogen) atoms. The number of amides is 2. The van der Waals surface area contributed by atoms with Crippen molar-refractivity contribution in [3.63, 3.8) is 0 Å². The molecule has 1 atom stereocenters. The topological polar surface area (TPSA) is 110 Å². The van der Waals surface area contributed by atoms with E-state index in [0.29, 0.717) is 5.56 Å². The molecule has 3 N–H and O–H groups in total. The van der Waals surface area contributed by atoms with Gasteiger partial charge in [-0.1, -0.05) is 44.2 Å². The molecule has 0 aliphatic heterocycles. The number of primary amides is 1. The van der Waals surface area contributed by atoms with Gasteiger partial charge in [-0.15, -0.1) is 0 Å². The number of aliphatic carboxylic acids is 1. The van der Waals surface area contributed by atoms with E-state index >= 15 is 0 Å². The van der Waals surface area contributed by atoms with Gasteiger partial charge in [0.2, 0.25) is 0 Å². The predicted molar refractivity (Wildman–Crippen MR) is 88.1 cm³/mol. The van der Waals surface area contributed by atoms with Crippen LogP contribution in [0.25, 0.3) is 0 Å². The molecule has 1 unspecified atom stereocenters. The Morgan fingerprint density at radius 3 is 2.08 bits per heavy atom. The molecule has 1 rings (SSSR count). The number of urea groups is 1. The number of benzene rings is 1. The van der Waals surface area contributed by atoms with Crippen molar-refractivity contribution in [3.05, 3.63) is 35.9 Å². The predicted octanol–water partition coefficient (Wildman–Crippen LogP) is 1.95. The van der Waals surface area contributed by atoms with Gasteiger partial charge >= 0.3 is 18.0 Å². The first kappa shape index (κ1) is 19.5. The fraction of sp³-hybridized carbons (Fsp3) is 0.471. The number of nitrogens with zero attached hydrogens (tertiary/aromatic N) is 1. The van der Waals surface area contributed by atoms with Crippen molar-refractivity contribution >= 4 is 18.0 Å². The van der Waals surface area contributed by atoms with Crippen LogP contribution in [0, 0.1) is 5.92 Å². The van der Waals surface area contributed by atoms with Crippen LogP contribution in [-0.4, -0.2) is 40.6 Å². The second-order valence-electron chi connectivity index (χ2n) is 6.06. The Balaban J connectivity index is 3.66. The lowest BCUT2D eigenvalue weighted by Gasteiger charge is -2.43. The van der Waals surface area contributed by atoms with E-state index in [1.54, 1.807) is 58.0 Å². The van der Waals surface area contributed by atoms with Gasteiger partial charge in [0.15, 0.2) is 5.54 Å². The lowest BCUT2D eigenvalue weighted by molar-refractivity contribution is -0.166. The third-order valence-electron chi connectivity index (χ3n) is 3.69. The number of hydrogen-bond acceptors (Lipinski definition) is 4. The molecule has 132 valence electrons. The maximum Gasteiger partial charge on any atom is 0.337 e. The number of ether oxygens (including phenoxy) is 1. The van der Waals surface area contributed by atoms with E-state index in [4.69, 9.17) is 10.5 Å². The Hall–Kier alpha value is -2.57. The number of nitrogens with two attached hydrogens (primary N) is 1. The Labute approximate surface area is 141 Å². The third kappa shape index (κ3) is 3.84. The van der Waals surface area contributed by atoms with Crippen molar-refractivity contribution in [1.82, 2.24) is 4.90 Å². The Bertz CT molecular complexity index is 600. The largest absolute Gasteiger partial charge is 0.480 e. The van der Waals surface area contributed by atoms with E-state index in [2.05, 4.69) is 0 Å². The molecule has 0 saturated carbocycles. The summed E-state index contributed by atoms with van der Waals surface area (Å²) in [7, 11) is 0. The van der Waals surface area contributed by atoms with Gasteiger partial charge in [-0.25, -0.2) is 9.59 Å². The van der Waals surface area contributed by atoms with Gasteiger partial charge < -0.3 is 15.6 Å². The Morgan fingerprint density at radius 1 is 1.17 bits per heavy atom. The summed E-state index contributed by atoms with van der Waals surface area (Å²) in [4.78, 5) is 37.1. The Morgan fingerprint density at radius 2 is 1.71 bits per heavy atom. The second-order valence-corrected chi connectivity index (χ2v) is 6.06. The first-order chi connectivity index (χ1) is 11.1. The molecule has 0 aliphatic rings. The fourth-order valence-electron chi connectivity index (χ4n) is 2.77. The molecular formula is C17H24N2O5. The summed E-state index contributed by atoms with van der Waals surface area (Å²) >= 11 is 0. The van der Waals surface area contributed by atoms with Crippen LogP contribution in [0.15, 0.2) is 30.3 Å². The summed E-state index contributed by atoms with van der Waals surface area (Å²) in [5.74, 6) is -2.45. The maximum absolute atomic E-state index is 13.0. The van der Waals surface area contributed by atoms with Gasteiger partial charge in [-0.2, -0.15) is 0 Å². The quantitative estimate of drug-likeness (QED) is 0.740. The van der Waals surface area contributed by atoms with Gasteiger partial charge in [0.1, 0.15) is 6.54 Å². The van der Waals surface area contributed by atoms with Crippen molar-refractivity contribution in [1.29, 1.82) is 0 Å². The summed E-state index contributed by atoms with van der Waals surface area (Å²) in [5.41, 5.74) is 4.25. The average molecular weight is 336 g/mol. The van der Waals surface area contributed by atoms with Crippen LogP contribution in [0.4, 0.5) is 4.79 Å². The van der Waals surface area contributed by atoms with Crippen molar-refractivity contribution < 1.29 is 24.2 Å². The first-order valence-electron chi connectivity index (χ1n) is 7.69. The SMILES string of the molecule is CC(C)OC(=O)C(c1ccccc1)(C(C)C)N(CC(=O)O)C(N)=O. The standard InChI is InChI=1S/C17H24N2O5/c1-11(2)17(15(22)24-12(3)4,13-8-6-5-7-9-13)19(16(18)23)10-14(20)21/h5-9,11-12H,10H2,1-4H3,(H2,18,23)(H,20,21). The number of carboxylic acids is 1. The number of hydrogen-bond donors (Lipinski definition) is 2. The molecule has 2 amide bonds. The number of carbonyl (C=O) groups is 3. The van der Waals surface area contributed by atoms with E-state index in [1.165, 1.54) is 0 Å². The van der Waals surface area contributed by atoms with Crippen LogP contribution in [0.2, 0.25) is 0 Å². The van der Waals surface area contributed by atoms with Crippen LogP contribution in [0.1, 0.15) is 33.3 Å².